The Morgan fingerprint density at radius 2 is 1.09 bits per heavy atom. The van der Waals surface area contributed by atoms with Gasteiger partial charge in [-0.1, -0.05) is 128 Å². The summed E-state index contributed by atoms with van der Waals surface area (Å²) in [7, 11) is -2.04. The molecule has 0 amide bonds. The van der Waals surface area contributed by atoms with Gasteiger partial charge in [0.25, 0.3) is 0 Å². The fourth-order valence-corrected chi connectivity index (χ4v) is 10.6. The van der Waals surface area contributed by atoms with E-state index in [1.54, 1.807) is 0 Å². The minimum atomic E-state index is -2.04. The van der Waals surface area contributed by atoms with Gasteiger partial charge in [0.1, 0.15) is 12.2 Å². The third-order valence-corrected chi connectivity index (χ3v) is 12.9. The molecule has 0 aliphatic carbocycles. The van der Waals surface area contributed by atoms with Crippen molar-refractivity contribution in [3.05, 3.63) is 83.9 Å². The number of hydrogen-bond donors (Lipinski definition) is 0. The van der Waals surface area contributed by atoms with Crippen LogP contribution >= 0.6 is 0 Å². The van der Waals surface area contributed by atoms with Crippen LogP contribution < -0.4 is 0 Å². The van der Waals surface area contributed by atoms with Crippen molar-refractivity contribution in [2.45, 2.75) is 97.4 Å². The highest BCUT2D eigenvalue weighted by Gasteiger charge is 2.45. The highest BCUT2D eigenvalue weighted by molar-refractivity contribution is 6.77. The molecular weight excluding hydrogens is 448 g/mol. The van der Waals surface area contributed by atoms with Crippen molar-refractivity contribution in [3.8, 4) is 0 Å². The van der Waals surface area contributed by atoms with Crippen LogP contribution in [0.4, 0.5) is 0 Å². The van der Waals surface area contributed by atoms with E-state index in [-0.39, 0.29) is 12.2 Å². The first-order valence-corrected chi connectivity index (χ1v) is 15.4. The molecule has 0 saturated heterocycles. The van der Waals surface area contributed by atoms with E-state index in [4.69, 9.17) is 13.9 Å². The van der Waals surface area contributed by atoms with E-state index in [9.17, 15) is 0 Å². The summed E-state index contributed by atoms with van der Waals surface area (Å²) < 4.78 is 20.1. The normalized spacial score (nSPS) is 14.5. The second kappa shape index (κ2) is 14.7. The smallest absolute Gasteiger partial charge is 0.200 e. The topological polar surface area (TPSA) is 27.7 Å². The molecule has 0 saturated carbocycles. The zero-order chi connectivity index (χ0) is 25.8. The molecule has 194 valence electrons. The Labute approximate surface area is 216 Å². The lowest BCUT2D eigenvalue weighted by atomic mass is 10.1. The summed E-state index contributed by atoms with van der Waals surface area (Å²) in [6.45, 7) is 20.0. The average molecular weight is 497 g/mol. The van der Waals surface area contributed by atoms with Gasteiger partial charge in [0, 0.05) is 0 Å². The number of allylic oxidation sites excluding steroid dienone is 1. The number of rotatable bonds is 15. The number of hydrogen-bond acceptors (Lipinski definition) is 3. The van der Waals surface area contributed by atoms with Gasteiger partial charge in [-0.3, -0.25) is 0 Å². The molecule has 4 heteroatoms. The summed E-state index contributed by atoms with van der Waals surface area (Å²) in [5, 5.41) is 0. The minimum absolute atomic E-state index is 0.195. The second-order valence-electron chi connectivity index (χ2n) is 10.9. The van der Waals surface area contributed by atoms with Crippen molar-refractivity contribution in [3.63, 3.8) is 0 Å². The summed E-state index contributed by atoms with van der Waals surface area (Å²) in [5.74, 6) is 0.434. The van der Waals surface area contributed by atoms with Gasteiger partial charge in [-0.2, -0.15) is 0 Å². The van der Waals surface area contributed by atoms with Crippen molar-refractivity contribution in [1.29, 1.82) is 0 Å². The van der Waals surface area contributed by atoms with Crippen LogP contribution in [0.2, 0.25) is 16.6 Å². The van der Waals surface area contributed by atoms with Crippen LogP contribution in [-0.2, 0) is 27.1 Å². The Morgan fingerprint density at radius 1 is 0.629 bits per heavy atom. The number of ether oxygens (including phenoxy) is 2. The maximum absolute atomic E-state index is 7.00. The molecule has 3 nitrogen and oxygen atoms in total. The number of benzene rings is 2. The van der Waals surface area contributed by atoms with Gasteiger partial charge in [0.2, 0.25) is 0 Å². The fraction of sp³-hybridized carbons (Fsp3) is 0.548. The van der Waals surface area contributed by atoms with Crippen LogP contribution in [0.5, 0.6) is 0 Å². The van der Waals surface area contributed by atoms with E-state index >= 15 is 0 Å². The Kier molecular flexibility index (Phi) is 12.4. The van der Waals surface area contributed by atoms with Crippen molar-refractivity contribution >= 4 is 8.32 Å². The lowest BCUT2D eigenvalue weighted by molar-refractivity contribution is -0.0830. The first-order chi connectivity index (χ1) is 16.7. The van der Waals surface area contributed by atoms with Gasteiger partial charge in [0.15, 0.2) is 8.32 Å². The standard InChI is InChI=1S/C31H48O3Si/c1-24(2)19-20-30(32-21-28-15-11-9-12-16-28)31(33-22-29-17-13-10-14-18-29)23-34-35(25(3)4,26(5)6)27(7)8/h9-20,24-27,30-31H,21-23H2,1-8H3/b20-19+/t30-,31-/m1/s1. The van der Waals surface area contributed by atoms with Crippen LogP contribution in [0.3, 0.4) is 0 Å². The van der Waals surface area contributed by atoms with Crippen LogP contribution in [-0.4, -0.2) is 27.1 Å². The maximum atomic E-state index is 7.00. The quantitative estimate of drug-likeness (QED) is 0.182. The Hall–Kier alpha value is -1.72. The molecule has 0 radical (unpaired) electrons. The second-order valence-corrected chi connectivity index (χ2v) is 16.3. The van der Waals surface area contributed by atoms with E-state index in [1.807, 2.05) is 12.1 Å². The first kappa shape index (κ1) is 29.5. The van der Waals surface area contributed by atoms with E-state index in [1.165, 1.54) is 0 Å². The third-order valence-electron chi connectivity index (χ3n) is 6.85. The Balaban J connectivity index is 2.31. The van der Waals surface area contributed by atoms with Gasteiger partial charge in [-0.05, 0) is 33.7 Å². The Bertz CT molecular complexity index is 824. The molecule has 2 aromatic rings. The first-order valence-electron chi connectivity index (χ1n) is 13.3. The highest BCUT2D eigenvalue weighted by atomic mass is 28.4. The molecule has 2 rings (SSSR count). The van der Waals surface area contributed by atoms with E-state index in [2.05, 4.69) is 116 Å². The van der Waals surface area contributed by atoms with E-state index in [0.717, 1.165) is 11.1 Å². The molecular formula is C31H48O3Si. The zero-order valence-corrected chi connectivity index (χ0v) is 24.2. The van der Waals surface area contributed by atoms with Crippen LogP contribution in [0.25, 0.3) is 0 Å². The van der Waals surface area contributed by atoms with Crippen molar-refractivity contribution in [1.82, 2.24) is 0 Å². The molecule has 0 spiro atoms. The van der Waals surface area contributed by atoms with Crippen LogP contribution in [0.15, 0.2) is 72.8 Å². The summed E-state index contributed by atoms with van der Waals surface area (Å²) >= 11 is 0. The predicted molar refractivity (Wildman–Crippen MR) is 151 cm³/mol. The molecule has 2 atom stereocenters. The molecule has 0 aliphatic rings. The SMILES string of the molecule is CC(C)/C=C/[C@@H](OCc1ccccc1)[C@@H](CO[Si](C(C)C)(C(C)C)C(C)C)OCc1ccccc1. The van der Waals surface area contributed by atoms with E-state index < -0.39 is 8.32 Å². The van der Waals surface area contributed by atoms with Gasteiger partial charge in [0.05, 0.1) is 19.8 Å². The minimum Gasteiger partial charge on any atom is -0.413 e. The molecule has 0 unspecified atom stereocenters. The van der Waals surface area contributed by atoms with Gasteiger partial charge < -0.3 is 13.9 Å². The van der Waals surface area contributed by atoms with Crippen molar-refractivity contribution in [2.75, 3.05) is 6.61 Å². The molecule has 0 aromatic heterocycles. The van der Waals surface area contributed by atoms with Gasteiger partial charge in [-0.15, -0.1) is 0 Å². The molecule has 0 bridgehead atoms. The maximum Gasteiger partial charge on any atom is 0.200 e. The molecule has 2 aromatic carbocycles. The Morgan fingerprint density at radius 3 is 1.51 bits per heavy atom. The van der Waals surface area contributed by atoms with Crippen LogP contribution in [0.1, 0.15) is 66.5 Å². The van der Waals surface area contributed by atoms with Crippen molar-refractivity contribution < 1.29 is 13.9 Å². The largest absolute Gasteiger partial charge is 0.413 e. The summed E-state index contributed by atoms with van der Waals surface area (Å²) in [6, 6.07) is 20.7. The highest BCUT2D eigenvalue weighted by Crippen LogP contribution is 2.42. The summed E-state index contributed by atoms with van der Waals surface area (Å²) in [6.07, 6.45) is 4.00. The van der Waals surface area contributed by atoms with Gasteiger partial charge >= 0.3 is 0 Å². The third kappa shape index (κ3) is 9.02. The summed E-state index contributed by atoms with van der Waals surface area (Å²) in [5.41, 5.74) is 3.88. The molecule has 0 aliphatic heterocycles. The van der Waals surface area contributed by atoms with Crippen molar-refractivity contribution in [2.24, 2.45) is 5.92 Å². The van der Waals surface area contributed by atoms with Gasteiger partial charge in [-0.25, -0.2) is 0 Å². The van der Waals surface area contributed by atoms with E-state index in [0.29, 0.717) is 42.4 Å². The summed E-state index contributed by atoms with van der Waals surface area (Å²) in [4.78, 5) is 0. The monoisotopic (exact) mass is 496 g/mol. The molecule has 0 fully saturated rings. The molecule has 0 heterocycles. The average Bonchev–Trinajstić information content (AvgIpc) is 2.82. The molecule has 35 heavy (non-hydrogen) atoms. The lowest BCUT2D eigenvalue weighted by Crippen LogP contribution is -2.50. The lowest BCUT2D eigenvalue weighted by Gasteiger charge is -2.43. The molecule has 0 N–H and O–H groups in total. The zero-order valence-electron chi connectivity index (χ0n) is 23.2. The van der Waals surface area contributed by atoms with Crippen LogP contribution in [0, 0.1) is 5.92 Å². The fourth-order valence-electron chi connectivity index (χ4n) is 5.13. The predicted octanol–water partition coefficient (Wildman–Crippen LogP) is 8.56.